The van der Waals surface area contributed by atoms with Gasteiger partial charge in [-0.25, -0.2) is 8.42 Å². The molecule has 1 amide bonds. The number of aromatic nitrogens is 1. The molecular weight excluding hydrogens is 397 g/mol. The summed E-state index contributed by atoms with van der Waals surface area (Å²) in [4.78, 5) is 14.6. The van der Waals surface area contributed by atoms with Gasteiger partial charge in [0, 0.05) is 24.5 Å². The molecule has 2 aromatic rings. The van der Waals surface area contributed by atoms with Gasteiger partial charge in [0.2, 0.25) is 0 Å². The first-order chi connectivity index (χ1) is 12.0. The minimum Gasteiger partial charge on any atom is -0.404 e. The van der Waals surface area contributed by atoms with Crippen molar-refractivity contribution in [1.82, 2.24) is 10.3 Å². The molecule has 0 unspecified atom stereocenters. The van der Waals surface area contributed by atoms with Gasteiger partial charge in [-0.05, 0) is 29.8 Å². The summed E-state index contributed by atoms with van der Waals surface area (Å²) in [5, 5.41) is 2.28. The number of amides is 1. The maximum Gasteiger partial charge on any atom is 0.573 e. The van der Waals surface area contributed by atoms with E-state index >= 15 is 0 Å². The summed E-state index contributed by atoms with van der Waals surface area (Å²) in [5.41, 5.74) is 0.224. The second-order valence-corrected chi connectivity index (χ2v) is 7.45. The molecule has 0 spiro atoms. The summed E-state index contributed by atoms with van der Waals surface area (Å²) < 4.78 is 66.5. The SMILES string of the molecule is CNC(=O)c1cncc(CS(=O)(=O)c2cc(Cl)ccc2OC(F)(F)F)c1. The number of ether oxygens (including phenoxy) is 1. The lowest BCUT2D eigenvalue weighted by Crippen LogP contribution is -2.20. The topological polar surface area (TPSA) is 85.4 Å². The van der Waals surface area contributed by atoms with Crippen LogP contribution in [0.3, 0.4) is 0 Å². The molecule has 0 aliphatic carbocycles. The van der Waals surface area contributed by atoms with Crippen molar-refractivity contribution in [2.45, 2.75) is 17.0 Å². The highest BCUT2D eigenvalue weighted by atomic mass is 35.5. The van der Waals surface area contributed by atoms with Gasteiger partial charge in [0.05, 0.1) is 11.3 Å². The van der Waals surface area contributed by atoms with E-state index in [4.69, 9.17) is 11.6 Å². The van der Waals surface area contributed by atoms with Crippen LogP contribution in [0.2, 0.25) is 5.02 Å². The normalized spacial score (nSPS) is 11.9. The molecule has 0 fully saturated rings. The van der Waals surface area contributed by atoms with E-state index in [2.05, 4.69) is 15.0 Å². The van der Waals surface area contributed by atoms with Crippen molar-refractivity contribution in [3.8, 4) is 5.75 Å². The molecule has 2 rings (SSSR count). The standard InChI is InChI=1S/C15H12ClF3N2O4S/c1-20-14(22)10-4-9(6-21-7-10)8-26(23,24)13-5-11(16)2-3-12(13)25-15(17,18)19/h2-7H,8H2,1H3,(H,20,22). The number of carbonyl (C=O) groups excluding carboxylic acids is 1. The highest BCUT2D eigenvalue weighted by molar-refractivity contribution is 7.90. The summed E-state index contributed by atoms with van der Waals surface area (Å²) in [6.07, 6.45) is -2.65. The highest BCUT2D eigenvalue weighted by Gasteiger charge is 2.34. The van der Waals surface area contributed by atoms with E-state index in [0.29, 0.717) is 0 Å². The zero-order chi connectivity index (χ0) is 19.5. The first-order valence-electron chi connectivity index (χ1n) is 6.96. The lowest BCUT2D eigenvalue weighted by Gasteiger charge is -2.14. The van der Waals surface area contributed by atoms with Crippen molar-refractivity contribution in [2.75, 3.05) is 7.05 Å². The van der Waals surface area contributed by atoms with Gasteiger partial charge in [-0.1, -0.05) is 11.6 Å². The predicted octanol–water partition coefficient (Wildman–Crippen LogP) is 2.97. The molecule has 11 heteroatoms. The monoisotopic (exact) mass is 408 g/mol. The van der Waals surface area contributed by atoms with Gasteiger partial charge in [-0.3, -0.25) is 9.78 Å². The number of hydrogen-bond donors (Lipinski definition) is 1. The molecule has 1 N–H and O–H groups in total. The number of hydrogen-bond acceptors (Lipinski definition) is 5. The van der Waals surface area contributed by atoms with Crippen molar-refractivity contribution in [2.24, 2.45) is 0 Å². The number of halogens is 4. The van der Waals surface area contributed by atoms with Crippen LogP contribution in [0.1, 0.15) is 15.9 Å². The Morgan fingerprint density at radius 3 is 2.58 bits per heavy atom. The molecule has 26 heavy (non-hydrogen) atoms. The minimum absolute atomic E-state index is 0.0738. The summed E-state index contributed by atoms with van der Waals surface area (Å²) in [6.45, 7) is 0. The first kappa shape index (κ1) is 20.0. The fourth-order valence-corrected chi connectivity index (χ4v) is 3.78. The van der Waals surface area contributed by atoms with Crippen LogP contribution in [-0.2, 0) is 15.6 Å². The van der Waals surface area contributed by atoms with Gasteiger partial charge in [0.15, 0.2) is 9.84 Å². The zero-order valence-electron chi connectivity index (χ0n) is 13.2. The third-order valence-corrected chi connectivity index (χ3v) is 5.04. The molecule has 1 aromatic carbocycles. The van der Waals surface area contributed by atoms with E-state index in [1.54, 1.807) is 0 Å². The average Bonchev–Trinajstić information content (AvgIpc) is 2.54. The predicted molar refractivity (Wildman–Crippen MR) is 86.7 cm³/mol. The Morgan fingerprint density at radius 1 is 1.27 bits per heavy atom. The van der Waals surface area contributed by atoms with Gasteiger partial charge in [-0.15, -0.1) is 13.2 Å². The fourth-order valence-electron chi connectivity index (χ4n) is 2.07. The van der Waals surface area contributed by atoms with Gasteiger partial charge < -0.3 is 10.1 Å². The minimum atomic E-state index is -5.07. The number of nitrogens with one attached hydrogen (secondary N) is 1. The smallest absolute Gasteiger partial charge is 0.404 e. The Labute approximate surface area is 151 Å². The van der Waals surface area contributed by atoms with Crippen LogP contribution in [0.4, 0.5) is 13.2 Å². The molecule has 1 heterocycles. The van der Waals surface area contributed by atoms with Gasteiger partial charge >= 0.3 is 6.36 Å². The van der Waals surface area contributed by atoms with Crippen LogP contribution < -0.4 is 10.1 Å². The third-order valence-electron chi connectivity index (χ3n) is 3.11. The average molecular weight is 409 g/mol. The molecule has 0 aliphatic rings. The maximum absolute atomic E-state index is 12.6. The van der Waals surface area contributed by atoms with Gasteiger partial charge in [0.1, 0.15) is 10.6 Å². The maximum atomic E-state index is 12.6. The van der Waals surface area contributed by atoms with Crippen molar-refractivity contribution in [3.05, 3.63) is 52.8 Å². The molecule has 0 atom stereocenters. The number of rotatable bonds is 5. The first-order valence-corrected chi connectivity index (χ1v) is 8.99. The molecule has 0 bridgehead atoms. The van der Waals surface area contributed by atoms with E-state index in [1.165, 1.54) is 25.5 Å². The van der Waals surface area contributed by atoms with E-state index in [0.717, 1.165) is 18.2 Å². The van der Waals surface area contributed by atoms with Crippen molar-refractivity contribution in [3.63, 3.8) is 0 Å². The number of pyridine rings is 1. The summed E-state index contributed by atoms with van der Waals surface area (Å²) in [7, 11) is -2.88. The van der Waals surface area contributed by atoms with Crippen LogP contribution in [0, 0.1) is 0 Å². The Hall–Kier alpha value is -2.33. The molecule has 140 valence electrons. The van der Waals surface area contributed by atoms with E-state index in [-0.39, 0.29) is 16.1 Å². The molecule has 0 saturated carbocycles. The van der Waals surface area contributed by atoms with E-state index in [9.17, 15) is 26.4 Å². The van der Waals surface area contributed by atoms with E-state index < -0.39 is 38.5 Å². The molecule has 0 aliphatic heterocycles. The second-order valence-electron chi connectivity index (χ2n) is 5.06. The molecule has 1 aromatic heterocycles. The largest absolute Gasteiger partial charge is 0.573 e. The van der Waals surface area contributed by atoms with Crippen LogP contribution in [0.5, 0.6) is 5.75 Å². The number of alkyl halides is 3. The summed E-state index contributed by atoms with van der Waals surface area (Å²) in [6, 6.07) is 4.05. The number of nitrogens with zero attached hydrogens (tertiary/aromatic N) is 1. The highest BCUT2D eigenvalue weighted by Crippen LogP contribution is 2.33. The van der Waals surface area contributed by atoms with Crippen LogP contribution in [0.15, 0.2) is 41.6 Å². The van der Waals surface area contributed by atoms with Crippen molar-refractivity contribution < 1.29 is 31.1 Å². The lowest BCUT2D eigenvalue weighted by molar-refractivity contribution is -0.275. The van der Waals surface area contributed by atoms with Crippen LogP contribution in [-0.4, -0.2) is 32.7 Å². The van der Waals surface area contributed by atoms with Crippen molar-refractivity contribution in [1.29, 1.82) is 0 Å². The third kappa shape index (κ3) is 5.09. The fraction of sp³-hybridized carbons (Fsp3) is 0.200. The van der Waals surface area contributed by atoms with Crippen LogP contribution >= 0.6 is 11.6 Å². The molecule has 6 nitrogen and oxygen atoms in total. The number of carbonyl (C=O) groups is 1. The molecule has 0 radical (unpaired) electrons. The summed E-state index contributed by atoms with van der Waals surface area (Å²) in [5.74, 6) is -2.07. The Morgan fingerprint density at radius 2 is 1.96 bits per heavy atom. The Kier molecular flexibility index (Phi) is 5.77. The molecule has 0 saturated heterocycles. The Balaban J connectivity index is 2.42. The Bertz CT molecular complexity index is 933. The summed E-state index contributed by atoms with van der Waals surface area (Å²) >= 11 is 5.72. The zero-order valence-corrected chi connectivity index (χ0v) is 14.7. The quantitative estimate of drug-likeness (QED) is 0.822. The number of benzene rings is 1. The second kappa shape index (κ2) is 7.50. The number of sulfone groups is 1. The van der Waals surface area contributed by atoms with Crippen LogP contribution in [0.25, 0.3) is 0 Å². The molecular formula is C15H12ClF3N2O4S. The van der Waals surface area contributed by atoms with Gasteiger partial charge in [0.25, 0.3) is 5.91 Å². The van der Waals surface area contributed by atoms with E-state index in [1.807, 2.05) is 0 Å². The van der Waals surface area contributed by atoms with Crippen molar-refractivity contribution >= 4 is 27.3 Å². The van der Waals surface area contributed by atoms with Gasteiger partial charge in [-0.2, -0.15) is 0 Å². The lowest BCUT2D eigenvalue weighted by atomic mass is 10.2.